The second-order valence-corrected chi connectivity index (χ2v) is 7.03. The van der Waals surface area contributed by atoms with Crippen LogP contribution in [0, 0.1) is 13.8 Å². The second-order valence-electron chi connectivity index (χ2n) is 6.12. The third-order valence-electron chi connectivity index (χ3n) is 4.05. The van der Waals surface area contributed by atoms with Crippen LogP contribution in [0.1, 0.15) is 43.0 Å². The Balaban J connectivity index is 1.97. The molecule has 3 heteroatoms. The van der Waals surface area contributed by atoms with Gasteiger partial charge in [-0.2, -0.15) is 0 Å². The van der Waals surface area contributed by atoms with Crippen molar-refractivity contribution in [1.29, 1.82) is 0 Å². The summed E-state index contributed by atoms with van der Waals surface area (Å²) in [5.41, 5.74) is 4.40. The fraction of sp³-hybridized carbons (Fsp3) is 0.0909. The van der Waals surface area contributed by atoms with Crippen LogP contribution in [-0.4, -0.2) is 11.6 Å². The lowest BCUT2D eigenvalue weighted by atomic mass is 9.97. The van der Waals surface area contributed by atoms with Crippen LogP contribution >= 0.6 is 15.9 Å². The van der Waals surface area contributed by atoms with Crippen LogP contribution in [0.15, 0.2) is 71.2 Å². The summed E-state index contributed by atoms with van der Waals surface area (Å²) >= 11 is 3.41. The zero-order valence-corrected chi connectivity index (χ0v) is 15.6. The van der Waals surface area contributed by atoms with Crippen molar-refractivity contribution in [2.24, 2.45) is 0 Å². The quantitative estimate of drug-likeness (QED) is 0.547. The zero-order chi connectivity index (χ0) is 18.0. The van der Waals surface area contributed by atoms with E-state index in [0.717, 1.165) is 11.1 Å². The first-order chi connectivity index (χ1) is 11.9. The minimum absolute atomic E-state index is 0.0979. The summed E-state index contributed by atoms with van der Waals surface area (Å²) in [6.07, 6.45) is 0. The molecule has 0 aliphatic carbocycles. The predicted molar refractivity (Wildman–Crippen MR) is 103 cm³/mol. The van der Waals surface area contributed by atoms with Gasteiger partial charge in [0.15, 0.2) is 11.6 Å². The molecule has 0 unspecified atom stereocenters. The fourth-order valence-corrected chi connectivity index (χ4v) is 3.09. The van der Waals surface area contributed by atoms with Crippen molar-refractivity contribution in [3.63, 3.8) is 0 Å². The molecule has 0 amide bonds. The Morgan fingerprint density at radius 3 is 1.32 bits per heavy atom. The molecule has 0 radical (unpaired) electrons. The molecule has 0 spiro atoms. The smallest absolute Gasteiger partial charge is 0.193 e. The second kappa shape index (κ2) is 7.16. The van der Waals surface area contributed by atoms with Gasteiger partial charge in [0.2, 0.25) is 0 Å². The van der Waals surface area contributed by atoms with Crippen molar-refractivity contribution < 1.29 is 9.59 Å². The summed E-state index contributed by atoms with van der Waals surface area (Å²) in [5.74, 6) is -0.196. The molecular weight excluding hydrogens is 376 g/mol. The Hall–Kier alpha value is -2.52. The lowest BCUT2D eigenvalue weighted by Gasteiger charge is -2.07. The fourth-order valence-electron chi connectivity index (χ4n) is 2.60. The van der Waals surface area contributed by atoms with Gasteiger partial charge in [-0.1, -0.05) is 75.6 Å². The van der Waals surface area contributed by atoms with Gasteiger partial charge in [0.1, 0.15) is 0 Å². The van der Waals surface area contributed by atoms with Gasteiger partial charge in [0.05, 0.1) is 0 Å². The van der Waals surface area contributed by atoms with Crippen molar-refractivity contribution >= 4 is 27.5 Å². The maximum absolute atomic E-state index is 12.7. The number of benzene rings is 3. The van der Waals surface area contributed by atoms with Crippen LogP contribution < -0.4 is 0 Å². The Morgan fingerprint density at radius 2 is 0.960 bits per heavy atom. The van der Waals surface area contributed by atoms with Crippen LogP contribution in [0.3, 0.4) is 0 Å². The summed E-state index contributed by atoms with van der Waals surface area (Å²) in [7, 11) is 0. The van der Waals surface area contributed by atoms with Gasteiger partial charge in [-0.15, -0.1) is 0 Å². The summed E-state index contributed by atoms with van der Waals surface area (Å²) in [6, 6.07) is 20.0. The number of hydrogen-bond donors (Lipinski definition) is 0. The van der Waals surface area contributed by atoms with E-state index in [0.29, 0.717) is 26.7 Å². The lowest BCUT2D eigenvalue weighted by molar-refractivity contribution is 0.103. The van der Waals surface area contributed by atoms with Gasteiger partial charge in [-0.05, 0) is 32.0 Å². The van der Waals surface area contributed by atoms with E-state index in [-0.39, 0.29) is 11.6 Å². The standard InChI is InChI=1S/C22H17BrO2/c1-14-3-7-16(8-4-14)21(24)18-11-19(13-20(23)12-18)22(25)17-9-5-15(2)6-10-17/h3-13H,1-2H3. The van der Waals surface area contributed by atoms with Crippen LogP contribution in [-0.2, 0) is 0 Å². The van der Waals surface area contributed by atoms with E-state index >= 15 is 0 Å². The summed E-state index contributed by atoms with van der Waals surface area (Å²) in [5, 5.41) is 0. The highest BCUT2D eigenvalue weighted by molar-refractivity contribution is 9.10. The van der Waals surface area contributed by atoms with E-state index in [4.69, 9.17) is 0 Å². The first kappa shape index (κ1) is 17.3. The Kier molecular flexibility index (Phi) is 4.95. The van der Waals surface area contributed by atoms with Crippen LogP contribution in [0.25, 0.3) is 0 Å². The molecule has 3 aromatic rings. The molecule has 3 aromatic carbocycles. The van der Waals surface area contributed by atoms with Crippen LogP contribution in [0.2, 0.25) is 0 Å². The van der Waals surface area contributed by atoms with Crippen molar-refractivity contribution in [3.8, 4) is 0 Å². The Bertz CT molecular complexity index is 863. The highest BCUT2D eigenvalue weighted by atomic mass is 79.9. The molecule has 25 heavy (non-hydrogen) atoms. The molecule has 0 bridgehead atoms. The maximum atomic E-state index is 12.7. The largest absolute Gasteiger partial charge is 0.289 e. The first-order valence-corrected chi connectivity index (χ1v) is 8.77. The average molecular weight is 393 g/mol. The normalized spacial score (nSPS) is 10.5. The third kappa shape index (κ3) is 3.94. The first-order valence-electron chi connectivity index (χ1n) is 7.97. The molecule has 0 saturated carbocycles. The number of ketones is 2. The van der Waals surface area contributed by atoms with Gasteiger partial charge >= 0.3 is 0 Å². The number of carbonyl (C=O) groups is 2. The average Bonchev–Trinajstić information content (AvgIpc) is 2.61. The third-order valence-corrected chi connectivity index (χ3v) is 4.51. The SMILES string of the molecule is Cc1ccc(C(=O)c2cc(Br)cc(C(=O)c3ccc(C)cc3)c2)cc1. The van der Waals surface area contributed by atoms with Crippen molar-refractivity contribution in [1.82, 2.24) is 0 Å². The predicted octanol–water partition coefficient (Wildman–Crippen LogP) is 5.53. The van der Waals surface area contributed by atoms with Gasteiger partial charge in [-0.3, -0.25) is 9.59 Å². The van der Waals surface area contributed by atoms with Crippen LogP contribution in [0.5, 0.6) is 0 Å². The van der Waals surface area contributed by atoms with E-state index in [9.17, 15) is 9.59 Å². The van der Waals surface area contributed by atoms with Crippen molar-refractivity contribution in [3.05, 3.63) is 105 Å². The Labute approximate surface area is 155 Å². The highest BCUT2D eigenvalue weighted by Gasteiger charge is 2.15. The minimum atomic E-state index is -0.0979. The topological polar surface area (TPSA) is 34.1 Å². The monoisotopic (exact) mass is 392 g/mol. The van der Waals surface area contributed by atoms with E-state index in [2.05, 4.69) is 15.9 Å². The van der Waals surface area contributed by atoms with Gasteiger partial charge in [-0.25, -0.2) is 0 Å². The summed E-state index contributed by atoms with van der Waals surface area (Å²) < 4.78 is 0.709. The lowest BCUT2D eigenvalue weighted by Crippen LogP contribution is -2.06. The van der Waals surface area contributed by atoms with E-state index < -0.39 is 0 Å². The molecular formula is C22H17BrO2. The van der Waals surface area contributed by atoms with Crippen molar-refractivity contribution in [2.75, 3.05) is 0 Å². The molecule has 0 aliphatic heterocycles. The van der Waals surface area contributed by atoms with Gasteiger partial charge in [0.25, 0.3) is 0 Å². The Morgan fingerprint density at radius 1 is 0.600 bits per heavy atom. The maximum Gasteiger partial charge on any atom is 0.193 e. The number of halogens is 1. The van der Waals surface area contributed by atoms with Crippen molar-refractivity contribution in [2.45, 2.75) is 13.8 Å². The number of rotatable bonds is 4. The highest BCUT2D eigenvalue weighted by Crippen LogP contribution is 2.21. The van der Waals surface area contributed by atoms with Crippen LogP contribution in [0.4, 0.5) is 0 Å². The summed E-state index contributed by atoms with van der Waals surface area (Å²) in [6.45, 7) is 3.96. The van der Waals surface area contributed by atoms with E-state index in [1.807, 2.05) is 38.1 Å². The molecule has 0 atom stereocenters. The molecule has 0 fully saturated rings. The molecule has 0 aliphatic rings. The molecule has 124 valence electrons. The molecule has 0 saturated heterocycles. The number of carbonyl (C=O) groups excluding carboxylic acids is 2. The van der Waals surface area contributed by atoms with Gasteiger partial charge in [0, 0.05) is 26.7 Å². The van der Waals surface area contributed by atoms with E-state index in [1.54, 1.807) is 42.5 Å². The number of aryl methyl sites for hydroxylation is 2. The minimum Gasteiger partial charge on any atom is -0.289 e. The molecule has 2 nitrogen and oxygen atoms in total. The summed E-state index contributed by atoms with van der Waals surface area (Å²) in [4.78, 5) is 25.5. The molecule has 0 heterocycles. The molecule has 3 rings (SSSR count). The van der Waals surface area contributed by atoms with E-state index in [1.165, 1.54) is 0 Å². The van der Waals surface area contributed by atoms with Gasteiger partial charge < -0.3 is 0 Å². The molecule has 0 N–H and O–H groups in total. The molecule has 0 aromatic heterocycles. The number of hydrogen-bond acceptors (Lipinski definition) is 2. The zero-order valence-electron chi connectivity index (χ0n) is 14.0.